The Morgan fingerprint density at radius 2 is 1.54 bits per heavy atom. The molecule has 1 nitrogen and oxygen atoms in total. The molecule has 1 heterocycles. The number of halogens is 3. The van der Waals surface area contributed by atoms with E-state index in [1.807, 2.05) is 41.8 Å². The monoisotopic (exact) mass is 374 g/mol. The molecular weight excluding hydrogens is 357 g/mol. The van der Waals surface area contributed by atoms with Crippen molar-refractivity contribution >= 4 is 11.3 Å². The Labute approximate surface area is 154 Å². The highest BCUT2D eigenvalue weighted by atomic mass is 32.1. The first-order valence-electron chi connectivity index (χ1n) is 8.02. The highest BCUT2D eigenvalue weighted by Gasteiger charge is 2.30. The van der Waals surface area contributed by atoms with Gasteiger partial charge in [0.25, 0.3) is 0 Å². The number of hydrogen-bond donors (Lipinski definition) is 1. The van der Waals surface area contributed by atoms with Gasteiger partial charge in [0.15, 0.2) is 0 Å². The molecule has 0 amide bonds. The molecule has 0 spiro atoms. The van der Waals surface area contributed by atoms with E-state index in [9.17, 15) is 18.3 Å². The van der Waals surface area contributed by atoms with Crippen LogP contribution in [-0.4, -0.2) is 5.11 Å². The molecule has 0 bridgehead atoms. The van der Waals surface area contributed by atoms with Gasteiger partial charge in [0, 0.05) is 10.8 Å². The summed E-state index contributed by atoms with van der Waals surface area (Å²) in [6.45, 7) is 3.73. The summed E-state index contributed by atoms with van der Waals surface area (Å²) in [5.74, 6) is -0.495. The van der Waals surface area contributed by atoms with Crippen LogP contribution in [0.1, 0.15) is 28.7 Å². The van der Waals surface area contributed by atoms with Crippen molar-refractivity contribution < 1.29 is 18.3 Å². The summed E-state index contributed by atoms with van der Waals surface area (Å²) < 4.78 is 38.1. The van der Waals surface area contributed by atoms with E-state index in [1.165, 1.54) is 12.1 Å². The predicted octanol–water partition coefficient (Wildman–Crippen LogP) is 6.44. The van der Waals surface area contributed by atoms with Crippen molar-refractivity contribution in [3.05, 3.63) is 95.4 Å². The van der Waals surface area contributed by atoms with Crippen molar-refractivity contribution in [3.63, 3.8) is 0 Å². The van der Waals surface area contributed by atoms with Crippen molar-refractivity contribution in [2.24, 2.45) is 0 Å². The quantitative estimate of drug-likeness (QED) is 0.510. The van der Waals surface area contributed by atoms with Crippen LogP contribution < -0.4 is 0 Å². The first-order valence-corrected chi connectivity index (χ1v) is 8.89. The van der Waals surface area contributed by atoms with Crippen LogP contribution in [0.3, 0.4) is 0 Å². The van der Waals surface area contributed by atoms with Crippen molar-refractivity contribution in [2.45, 2.75) is 18.2 Å². The second kappa shape index (κ2) is 7.48. The van der Waals surface area contributed by atoms with Crippen molar-refractivity contribution in [1.29, 1.82) is 0 Å². The third-order valence-electron chi connectivity index (χ3n) is 4.27. The van der Waals surface area contributed by atoms with Crippen molar-refractivity contribution in [3.8, 4) is 10.4 Å². The second-order valence-corrected chi connectivity index (χ2v) is 6.87. The molecule has 2 unspecified atom stereocenters. The molecule has 0 aliphatic rings. The molecule has 0 aliphatic carbocycles. The Morgan fingerprint density at radius 3 is 2.04 bits per heavy atom. The molecular formula is C21H17F3OS. The van der Waals surface area contributed by atoms with E-state index in [0.717, 1.165) is 22.6 Å². The van der Waals surface area contributed by atoms with Gasteiger partial charge in [-0.25, -0.2) is 0 Å². The van der Waals surface area contributed by atoms with E-state index in [-0.39, 0.29) is 0 Å². The van der Waals surface area contributed by atoms with Gasteiger partial charge in [0.1, 0.15) is 0 Å². The lowest BCUT2D eigenvalue weighted by Gasteiger charge is -2.21. The van der Waals surface area contributed by atoms with Crippen LogP contribution >= 0.6 is 11.3 Å². The molecule has 0 aliphatic heterocycles. The SMILES string of the molecule is C=CC(c1ccc(C(F)(F)F)cc1)C(O)c1ccc(-c2cccs2)cc1. The molecule has 0 fully saturated rings. The minimum atomic E-state index is -4.38. The predicted molar refractivity (Wildman–Crippen MR) is 99.1 cm³/mol. The van der Waals surface area contributed by atoms with Crippen LogP contribution in [0.2, 0.25) is 0 Å². The van der Waals surface area contributed by atoms with Crippen LogP contribution in [0.4, 0.5) is 13.2 Å². The van der Waals surface area contributed by atoms with Gasteiger partial charge in [-0.2, -0.15) is 13.2 Å². The molecule has 5 heteroatoms. The van der Waals surface area contributed by atoms with Gasteiger partial charge in [0.05, 0.1) is 11.7 Å². The van der Waals surface area contributed by atoms with Gasteiger partial charge < -0.3 is 5.11 Å². The summed E-state index contributed by atoms with van der Waals surface area (Å²) in [6, 6.07) is 16.3. The summed E-state index contributed by atoms with van der Waals surface area (Å²) in [5.41, 5.74) is 1.62. The lowest BCUT2D eigenvalue weighted by Crippen LogP contribution is -2.10. The summed E-state index contributed by atoms with van der Waals surface area (Å²) in [7, 11) is 0. The van der Waals surface area contributed by atoms with E-state index in [4.69, 9.17) is 0 Å². The highest BCUT2D eigenvalue weighted by molar-refractivity contribution is 7.13. The zero-order chi connectivity index (χ0) is 18.7. The summed E-state index contributed by atoms with van der Waals surface area (Å²) in [5, 5.41) is 12.7. The van der Waals surface area contributed by atoms with Crippen molar-refractivity contribution in [2.75, 3.05) is 0 Å². The number of aliphatic hydroxyl groups is 1. The highest BCUT2D eigenvalue weighted by Crippen LogP contribution is 2.35. The normalized spacial score (nSPS) is 14.0. The molecule has 2 atom stereocenters. The van der Waals surface area contributed by atoms with Gasteiger partial charge in [-0.05, 0) is 40.3 Å². The number of thiophene rings is 1. The maximum Gasteiger partial charge on any atom is 0.416 e. The fourth-order valence-corrected chi connectivity index (χ4v) is 3.57. The molecule has 0 saturated heterocycles. The molecule has 2 aromatic carbocycles. The summed E-state index contributed by atoms with van der Waals surface area (Å²) >= 11 is 1.63. The average molecular weight is 374 g/mol. The van der Waals surface area contributed by atoms with Crippen LogP contribution in [0.15, 0.2) is 78.7 Å². The number of rotatable bonds is 5. The first-order chi connectivity index (χ1) is 12.4. The number of benzene rings is 2. The molecule has 0 saturated carbocycles. The molecule has 0 radical (unpaired) electrons. The fourth-order valence-electron chi connectivity index (χ4n) is 2.84. The lowest BCUT2D eigenvalue weighted by atomic mass is 9.88. The Bertz CT molecular complexity index is 850. The maximum absolute atomic E-state index is 12.7. The number of hydrogen-bond acceptors (Lipinski definition) is 2. The van der Waals surface area contributed by atoms with Gasteiger partial charge >= 0.3 is 6.18 Å². The number of aliphatic hydroxyl groups excluding tert-OH is 1. The largest absolute Gasteiger partial charge is 0.416 e. The first kappa shape index (κ1) is 18.4. The molecule has 26 heavy (non-hydrogen) atoms. The molecule has 3 rings (SSSR count). The topological polar surface area (TPSA) is 20.2 Å². The third-order valence-corrected chi connectivity index (χ3v) is 5.19. The fraction of sp³-hybridized carbons (Fsp3) is 0.143. The van der Waals surface area contributed by atoms with Crippen LogP contribution in [0.25, 0.3) is 10.4 Å². The van der Waals surface area contributed by atoms with E-state index < -0.39 is 23.8 Å². The van der Waals surface area contributed by atoms with E-state index in [0.29, 0.717) is 11.1 Å². The van der Waals surface area contributed by atoms with E-state index in [1.54, 1.807) is 17.4 Å². The maximum atomic E-state index is 12.7. The molecule has 3 aromatic rings. The minimum Gasteiger partial charge on any atom is -0.387 e. The summed E-state index contributed by atoms with van der Waals surface area (Å²) in [4.78, 5) is 1.13. The third kappa shape index (κ3) is 3.89. The van der Waals surface area contributed by atoms with Gasteiger partial charge in [0.2, 0.25) is 0 Å². The van der Waals surface area contributed by atoms with Gasteiger partial charge in [-0.1, -0.05) is 48.5 Å². The Morgan fingerprint density at radius 1 is 0.923 bits per heavy atom. The van der Waals surface area contributed by atoms with Gasteiger partial charge in [-0.3, -0.25) is 0 Å². The Hall–Kier alpha value is -2.37. The van der Waals surface area contributed by atoms with Crippen molar-refractivity contribution in [1.82, 2.24) is 0 Å². The zero-order valence-corrected chi connectivity index (χ0v) is 14.6. The summed E-state index contributed by atoms with van der Waals surface area (Å²) in [6.07, 6.45) is -3.71. The van der Waals surface area contributed by atoms with E-state index in [2.05, 4.69) is 6.58 Å². The zero-order valence-electron chi connectivity index (χ0n) is 13.8. The van der Waals surface area contributed by atoms with Crippen LogP contribution in [-0.2, 0) is 6.18 Å². The minimum absolute atomic E-state index is 0.495. The molecule has 1 aromatic heterocycles. The van der Waals surface area contributed by atoms with Crippen LogP contribution in [0.5, 0.6) is 0 Å². The number of alkyl halides is 3. The second-order valence-electron chi connectivity index (χ2n) is 5.93. The molecule has 1 N–H and O–H groups in total. The average Bonchev–Trinajstić information content (AvgIpc) is 3.17. The molecule has 134 valence electrons. The smallest absolute Gasteiger partial charge is 0.387 e. The Balaban J connectivity index is 1.82. The standard InChI is InChI=1S/C21H17F3OS/c1-2-18(14-9-11-17(12-10-14)21(22,23)24)20(25)16-7-5-15(6-8-16)19-4-3-13-26-19/h2-13,18,20,25H,1H2. The van der Waals surface area contributed by atoms with Crippen LogP contribution in [0, 0.1) is 0 Å². The Kier molecular flexibility index (Phi) is 5.30. The lowest BCUT2D eigenvalue weighted by molar-refractivity contribution is -0.137. The van der Waals surface area contributed by atoms with E-state index >= 15 is 0 Å². The van der Waals surface area contributed by atoms with Gasteiger partial charge in [-0.15, -0.1) is 17.9 Å².